The van der Waals surface area contributed by atoms with Crippen LogP contribution in [0.1, 0.15) is 20.3 Å². The number of nitrogens with one attached hydrogen (secondary N) is 1. The molecule has 1 rings (SSSR count). The second kappa shape index (κ2) is 5.21. The Hall–Kier alpha value is -0.960. The molecule has 0 fully saturated rings. The van der Waals surface area contributed by atoms with Crippen LogP contribution < -0.4 is 11.1 Å². The zero-order valence-electron chi connectivity index (χ0n) is 8.98. The van der Waals surface area contributed by atoms with E-state index >= 15 is 0 Å². The zero-order valence-corrected chi connectivity index (χ0v) is 9.74. The third-order valence-corrected chi connectivity index (χ3v) is 2.72. The number of rotatable bonds is 4. The Morgan fingerprint density at radius 3 is 2.80 bits per heavy atom. The molecule has 0 bridgehead atoms. The van der Waals surface area contributed by atoms with Gasteiger partial charge in [0.1, 0.15) is 5.82 Å². The summed E-state index contributed by atoms with van der Waals surface area (Å²) in [6.07, 6.45) is 1.09. The standard InChI is InChI=1S/C11H16ClFN2/c1-3-7(2)6-15-11-4-8(12)9(13)5-10(11)14/h4-5,7,15H,3,6,14H2,1-2H3. The maximum atomic E-state index is 13.0. The van der Waals surface area contributed by atoms with Gasteiger partial charge in [0.15, 0.2) is 0 Å². The molecule has 1 atom stereocenters. The van der Waals surface area contributed by atoms with Crippen molar-refractivity contribution < 1.29 is 4.39 Å². The summed E-state index contributed by atoms with van der Waals surface area (Å²) in [5.41, 5.74) is 6.74. The van der Waals surface area contributed by atoms with Crippen LogP contribution in [-0.2, 0) is 0 Å². The predicted molar refractivity (Wildman–Crippen MR) is 63.8 cm³/mol. The molecule has 15 heavy (non-hydrogen) atoms. The lowest BCUT2D eigenvalue weighted by molar-refractivity contribution is 0.593. The van der Waals surface area contributed by atoms with Crippen molar-refractivity contribution in [1.82, 2.24) is 0 Å². The van der Waals surface area contributed by atoms with E-state index in [1.165, 1.54) is 12.1 Å². The molecule has 84 valence electrons. The Bertz CT molecular complexity index is 342. The average molecular weight is 231 g/mol. The zero-order chi connectivity index (χ0) is 11.4. The average Bonchev–Trinajstić information content (AvgIpc) is 2.21. The highest BCUT2D eigenvalue weighted by Crippen LogP contribution is 2.26. The highest BCUT2D eigenvalue weighted by atomic mass is 35.5. The number of benzene rings is 1. The molecule has 0 aromatic heterocycles. The van der Waals surface area contributed by atoms with Gasteiger partial charge in [-0.05, 0) is 12.0 Å². The molecule has 1 aromatic rings. The van der Waals surface area contributed by atoms with E-state index in [1.807, 2.05) is 0 Å². The van der Waals surface area contributed by atoms with Crippen LogP contribution in [-0.4, -0.2) is 6.54 Å². The largest absolute Gasteiger partial charge is 0.397 e. The van der Waals surface area contributed by atoms with E-state index in [0.717, 1.165) is 13.0 Å². The normalized spacial score (nSPS) is 12.5. The minimum Gasteiger partial charge on any atom is -0.397 e. The lowest BCUT2D eigenvalue weighted by Crippen LogP contribution is -2.11. The molecule has 0 radical (unpaired) electrons. The van der Waals surface area contributed by atoms with E-state index in [2.05, 4.69) is 19.2 Å². The number of hydrogen-bond acceptors (Lipinski definition) is 2. The number of nitrogen functional groups attached to an aromatic ring is 1. The van der Waals surface area contributed by atoms with E-state index in [0.29, 0.717) is 17.3 Å². The Balaban J connectivity index is 2.73. The fraction of sp³-hybridized carbons (Fsp3) is 0.455. The van der Waals surface area contributed by atoms with Crippen molar-refractivity contribution in [1.29, 1.82) is 0 Å². The smallest absolute Gasteiger partial charge is 0.143 e. The highest BCUT2D eigenvalue weighted by Gasteiger charge is 2.06. The Labute approximate surface area is 94.6 Å². The summed E-state index contributed by atoms with van der Waals surface area (Å²) < 4.78 is 13.0. The van der Waals surface area contributed by atoms with Crippen LogP contribution in [0.2, 0.25) is 5.02 Å². The van der Waals surface area contributed by atoms with Crippen LogP contribution in [0, 0.1) is 11.7 Å². The van der Waals surface area contributed by atoms with Crippen LogP contribution in [0.25, 0.3) is 0 Å². The van der Waals surface area contributed by atoms with Crippen LogP contribution in [0.15, 0.2) is 12.1 Å². The van der Waals surface area contributed by atoms with Gasteiger partial charge in [0.2, 0.25) is 0 Å². The van der Waals surface area contributed by atoms with Crippen LogP contribution in [0.4, 0.5) is 15.8 Å². The van der Waals surface area contributed by atoms with E-state index in [-0.39, 0.29) is 5.02 Å². The third kappa shape index (κ3) is 3.27. The lowest BCUT2D eigenvalue weighted by atomic mass is 10.1. The van der Waals surface area contributed by atoms with E-state index in [1.54, 1.807) is 0 Å². The molecule has 0 heterocycles. The molecular formula is C11H16ClFN2. The van der Waals surface area contributed by atoms with Gasteiger partial charge in [-0.1, -0.05) is 31.9 Å². The highest BCUT2D eigenvalue weighted by molar-refractivity contribution is 6.31. The van der Waals surface area contributed by atoms with Gasteiger partial charge in [0, 0.05) is 12.6 Å². The van der Waals surface area contributed by atoms with Crippen molar-refractivity contribution in [3.8, 4) is 0 Å². The van der Waals surface area contributed by atoms with Crippen molar-refractivity contribution >= 4 is 23.0 Å². The topological polar surface area (TPSA) is 38.0 Å². The molecule has 0 saturated heterocycles. The molecule has 0 aliphatic carbocycles. The van der Waals surface area contributed by atoms with Gasteiger partial charge < -0.3 is 11.1 Å². The molecule has 3 N–H and O–H groups in total. The number of halogens is 2. The molecule has 0 spiro atoms. The van der Waals surface area contributed by atoms with Gasteiger partial charge in [0.05, 0.1) is 16.4 Å². The molecule has 1 unspecified atom stereocenters. The SMILES string of the molecule is CCC(C)CNc1cc(Cl)c(F)cc1N. The first kappa shape index (κ1) is 12.1. The first-order chi connectivity index (χ1) is 7.04. The molecule has 2 nitrogen and oxygen atoms in total. The summed E-state index contributed by atoms with van der Waals surface area (Å²) in [6, 6.07) is 2.76. The molecule has 4 heteroatoms. The second-order valence-electron chi connectivity index (χ2n) is 3.75. The van der Waals surface area contributed by atoms with Crippen molar-refractivity contribution in [2.75, 3.05) is 17.6 Å². The Morgan fingerprint density at radius 1 is 1.53 bits per heavy atom. The number of nitrogens with two attached hydrogens (primary N) is 1. The minimum atomic E-state index is -0.483. The maximum Gasteiger partial charge on any atom is 0.143 e. The first-order valence-electron chi connectivity index (χ1n) is 5.03. The number of hydrogen-bond donors (Lipinski definition) is 2. The van der Waals surface area contributed by atoms with Crippen molar-refractivity contribution in [3.05, 3.63) is 23.0 Å². The Kier molecular flexibility index (Phi) is 4.21. The van der Waals surface area contributed by atoms with Gasteiger partial charge in [-0.2, -0.15) is 0 Å². The minimum absolute atomic E-state index is 0.0934. The molecular weight excluding hydrogens is 215 g/mol. The fourth-order valence-corrected chi connectivity index (χ4v) is 1.31. The summed E-state index contributed by atoms with van der Waals surface area (Å²) in [4.78, 5) is 0. The lowest BCUT2D eigenvalue weighted by Gasteiger charge is -2.13. The summed E-state index contributed by atoms with van der Waals surface area (Å²) in [5, 5.41) is 3.25. The van der Waals surface area contributed by atoms with Crippen molar-refractivity contribution in [2.24, 2.45) is 5.92 Å². The quantitative estimate of drug-likeness (QED) is 0.777. The summed E-state index contributed by atoms with van der Waals surface area (Å²) >= 11 is 5.66. The molecule has 0 saturated carbocycles. The van der Waals surface area contributed by atoms with E-state index in [9.17, 15) is 4.39 Å². The first-order valence-corrected chi connectivity index (χ1v) is 5.40. The number of anilines is 2. The fourth-order valence-electron chi connectivity index (χ4n) is 1.14. The summed E-state index contributed by atoms with van der Waals surface area (Å²) in [7, 11) is 0. The molecule has 0 aliphatic heterocycles. The summed E-state index contributed by atoms with van der Waals surface area (Å²) in [6.45, 7) is 5.06. The summed E-state index contributed by atoms with van der Waals surface area (Å²) in [5.74, 6) is 0.0662. The van der Waals surface area contributed by atoms with Gasteiger partial charge in [-0.25, -0.2) is 4.39 Å². The van der Waals surface area contributed by atoms with Crippen LogP contribution in [0.5, 0.6) is 0 Å². The maximum absolute atomic E-state index is 13.0. The Morgan fingerprint density at radius 2 is 2.20 bits per heavy atom. The monoisotopic (exact) mass is 230 g/mol. The van der Waals surface area contributed by atoms with Gasteiger partial charge in [-0.15, -0.1) is 0 Å². The third-order valence-electron chi connectivity index (χ3n) is 2.43. The van der Waals surface area contributed by atoms with E-state index in [4.69, 9.17) is 17.3 Å². The van der Waals surface area contributed by atoms with Crippen molar-refractivity contribution in [3.63, 3.8) is 0 Å². The van der Waals surface area contributed by atoms with E-state index < -0.39 is 5.82 Å². The van der Waals surface area contributed by atoms with Crippen LogP contribution in [0.3, 0.4) is 0 Å². The molecule has 0 aliphatic rings. The molecule has 0 amide bonds. The molecule has 1 aromatic carbocycles. The van der Waals surface area contributed by atoms with Crippen LogP contribution >= 0.6 is 11.6 Å². The van der Waals surface area contributed by atoms with Gasteiger partial charge >= 0.3 is 0 Å². The van der Waals surface area contributed by atoms with Gasteiger partial charge in [-0.3, -0.25) is 0 Å². The second-order valence-corrected chi connectivity index (χ2v) is 4.16. The van der Waals surface area contributed by atoms with Gasteiger partial charge in [0.25, 0.3) is 0 Å². The predicted octanol–water partition coefficient (Wildman–Crippen LogP) is 3.52. The van der Waals surface area contributed by atoms with Crippen molar-refractivity contribution in [2.45, 2.75) is 20.3 Å².